The molecule has 108 valence electrons. The highest BCUT2D eigenvalue weighted by atomic mass is 79.9. The second-order valence-electron chi connectivity index (χ2n) is 4.93. The third-order valence-corrected chi connectivity index (χ3v) is 4.53. The van der Waals surface area contributed by atoms with E-state index in [1.54, 1.807) is 6.20 Å². The van der Waals surface area contributed by atoms with Crippen LogP contribution < -0.4 is 0 Å². The van der Waals surface area contributed by atoms with Crippen LogP contribution in [0.1, 0.15) is 26.8 Å². The lowest BCUT2D eigenvalue weighted by Crippen LogP contribution is -2.13. The highest BCUT2D eigenvalue weighted by molar-refractivity contribution is 9.10. The van der Waals surface area contributed by atoms with E-state index >= 15 is 0 Å². The van der Waals surface area contributed by atoms with Gasteiger partial charge in [0.15, 0.2) is 10.8 Å². The van der Waals surface area contributed by atoms with Gasteiger partial charge in [0.05, 0.1) is 5.75 Å². The van der Waals surface area contributed by atoms with Crippen LogP contribution >= 0.6 is 27.7 Å². The number of aromatic nitrogens is 3. The predicted octanol–water partition coefficient (Wildman–Crippen LogP) is 3.59. The fourth-order valence-corrected chi connectivity index (χ4v) is 2.96. The van der Waals surface area contributed by atoms with Gasteiger partial charge < -0.3 is 9.67 Å². The number of halogens is 1. The first kappa shape index (κ1) is 15.3. The summed E-state index contributed by atoms with van der Waals surface area (Å²) in [6.45, 7) is 6.35. The smallest absolute Gasteiger partial charge is 0.313 e. The first-order chi connectivity index (χ1) is 9.40. The monoisotopic (exact) mass is 357 g/mol. The molecule has 1 atom stereocenters. The van der Waals surface area contributed by atoms with Crippen molar-refractivity contribution in [1.82, 2.24) is 14.5 Å². The number of thioether (sulfide) groups is 1. The van der Waals surface area contributed by atoms with Crippen molar-refractivity contribution in [2.75, 3.05) is 5.75 Å². The number of pyridine rings is 1. The molecule has 0 saturated carbocycles. The highest BCUT2D eigenvalue weighted by Gasteiger charge is 2.20. The summed E-state index contributed by atoms with van der Waals surface area (Å²) in [6, 6.07) is 2.10. The molecule has 0 aliphatic heterocycles. The first-order valence-corrected chi connectivity index (χ1v) is 8.06. The van der Waals surface area contributed by atoms with Crippen LogP contribution in [0.5, 0.6) is 0 Å². The van der Waals surface area contributed by atoms with Crippen LogP contribution in [-0.2, 0) is 4.79 Å². The van der Waals surface area contributed by atoms with E-state index in [2.05, 4.69) is 46.7 Å². The van der Waals surface area contributed by atoms with Gasteiger partial charge in [-0.1, -0.05) is 25.6 Å². The normalized spacial score (nSPS) is 13.1. The Bertz CT molecular complexity index is 642. The Kier molecular flexibility index (Phi) is 4.70. The maximum Gasteiger partial charge on any atom is 0.313 e. The summed E-state index contributed by atoms with van der Waals surface area (Å²) in [4.78, 5) is 19.7. The fourth-order valence-electron chi connectivity index (χ4n) is 1.83. The summed E-state index contributed by atoms with van der Waals surface area (Å²) in [5.41, 5.74) is 1.57. The Morgan fingerprint density at radius 1 is 1.50 bits per heavy atom. The van der Waals surface area contributed by atoms with Gasteiger partial charge in [0.25, 0.3) is 0 Å². The van der Waals surface area contributed by atoms with Crippen molar-refractivity contribution in [3.05, 3.63) is 16.7 Å². The van der Waals surface area contributed by atoms with E-state index < -0.39 is 5.97 Å². The molecule has 0 amide bonds. The summed E-state index contributed by atoms with van der Waals surface area (Å²) in [5, 5.41) is 9.55. The summed E-state index contributed by atoms with van der Waals surface area (Å²) in [6.07, 6.45) is 1.74. The molecule has 0 spiro atoms. The summed E-state index contributed by atoms with van der Waals surface area (Å²) in [7, 11) is 0. The van der Waals surface area contributed by atoms with Gasteiger partial charge >= 0.3 is 5.97 Å². The average Bonchev–Trinajstić information content (AvgIpc) is 2.72. The molecule has 2 heterocycles. The highest BCUT2D eigenvalue weighted by Crippen LogP contribution is 2.30. The van der Waals surface area contributed by atoms with Gasteiger partial charge in [-0.05, 0) is 34.8 Å². The molecule has 5 nitrogen and oxygen atoms in total. The Morgan fingerprint density at radius 2 is 2.20 bits per heavy atom. The molecule has 1 unspecified atom stereocenters. The van der Waals surface area contributed by atoms with E-state index in [1.165, 1.54) is 11.8 Å². The lowest BCUT2D eigenvalue weighted by atomic mass is 10.1. The molecule has 2 rings (SSSR count). The molecule has 0 aromatic carbocycles. The maximum absolute atomic E-state index is 10.8. The van der Waals surface area contributed by atoms with Gasteiger partial charge in [0.1, 0.15) is 5.52 Å². The number of nitrogens with zero attached hydrogens (tertiary/aromatic N) is 3. The number of rotatable bonds is 5. The quantitative estimate of drug-likeness (QED) is 0.828. The van der Waals surface area contributed by atoms with Gasteiger partial charge in [0, 0.05) is 16.7 Å². The molecular weight excluding hydrogens is 342 g/mol. The number of hydrogen-bond acceptors (Lipinski definition) is 4. The van der Waals surface area contributed by atoms with Gasteiger partial charge in [-0.25, -0.2) is 9.97 Å². The molecule has 1 N–H and O–H groups in total. The van der Waals surface area contributed by atoms with Crippen LogP contribution in [0.3, 0.4) is 0 Å². The maximum atomic E-state index is 10.8. The standard InChI is InChI=1S/C13H16BrN3O2S/c1-7(2)8(3)17-12-10(4-9(14)5-15-12)16-13(17)20-6-11(18)19/h4-5,7-8H,6H2,1-3H3,(H,18,19). The van der Waals surface area contributed by atoms with E-state index in [9.17, 15) is 4.79 Å². The van der Waals surface area contributed by atoms with Gasteiger partial charge in [-0.3, -0.25) is 4.79 Å². The number of hydrogen-bond donors (Lipinski definition) is 1. The third-order valence-electron chi connectivity index (χ3n) is 3.16. The van der Waals surface area contributed by atoms with E-state index in [-0.39, 0.29) is 11.8 Å². The molecule has 7 heteroatoms. The summed E-state index contributed by atoms with van der Waals surface area (Å²) >= 11 is 4.61. The first-order valence-electron chi connectivity index (χ1n) is 6.28. The molecule has 0 aliphatic carbocycles. The molecule has 2 aromatic heterocycles. The van der Waals surface area contributed by atoms with Crippen molar-refractivity contribution in [1.29, 1.82) is 0 Å². The van der Waals surface area contributed by atoms with Gasteiger partial charge in [-0.15, -0.1) is 0 Å². The SMILES string of the molecule is CC(C)C(C)n1c(SCC(=O)O)nc2cc(Br)cnc21. The van der Waals surface area contributed by atoms with Crippen LogP contribution in [0.2, 0.25) is 0 Å². The van der Waals surface area contributed by atoms with Crippen molar-refractivity contribution >= 4 is 44.8 Å². The molecule has 0 radical (unpaired) electrons. The van der Waals surface area contributed by atoms with Crippen molar-refractivity contribution in [3.8, 4) is 0 Å². The van der Waals surface area contributed by atoms with Crippen molar-refractivity contribution in [3.63, 3.8) is 0 Å². The second kappa shape index (κ2) is 6.13. The number of carbonyl (C=O) groups is 1. The second-order valence-corrected chi connectivity index (χ2v) is 6.79. The number of carboxylic acids is 1. The summed E-state index contributed by atoms with van der Waals surface area (Å²) in [5.74, 6) is -0.447. The fraction of sp³-hybridized carbons (Fsp3) is 0.462. The zero-order valence-electron chi connectivity index (χ0n) is 11.5. The van der Waals surface area contributed by atoms with Crippen molar-refractivity contribution in [2.24, 2.45) is 5.92 Å². The molecule has 0 fully saturated rings. The van der Waals surface area contributed by atoms with Gasteiger partial charge in [0.2, 0.25) is 0 Å². The van der Waals surface area contributed by atoms with E-state index in [0.717, 1.165) is 15.6 Å². The zero-order chi connectivity index (χ0) is 14.9. The van der Waals surface area contributed by atoms with Crippen molar-refractivity contribution in [2.45, 2.75) is 32.0 Å². The summed E-state index contributed by atoms with van der Waals surface area (Å²) < 4.78 is 2.89. The largest absolute Gasteiger partial charge is 0.481 e. The zero-order valence-corrected chi connectivity index (χ0v) is 13.9. The number of aliphatic carboxylic acids is 1. The third kappa shape index (κ3) is 3.15. The molecule has 20 heavy (non-hydrogen) atoms. The van der Waals surface area contributed by atoms with Crippen molar-refractivity contribution < 1.29 is 9.90 Å². The molecular formula is C13H16BrN3O2S. The molecule has 2 aromatic rings. The molecule has 0 aliphatic rings. The van der Waals surface area contributed by atoms with Crippen LogP contribution in [0.4, 0.5) is 0 Å². The number of imidazole rings is 1. The Hall–Kier alpha value is -1.08. The lowest BCUT2D eigenvalue weighted by Gasteiger charge is -2.20. The minimum atomic E-state index is -0.847. The predicted molar refractivity (Wildman–Crippen MR) is 83.1 cm³/mol. The van der Waals surface area contributed by atoms with E-state index in [4.69, 9.17) is 5.11 Å². The van der Waals surface area contributed by atoms with Crippen LogP contribution in [0.25, 0.3) is 11.2 Å². The van der Waals surface area contributed by atoms with Crippen LogP contribution in [0, 0.1) is 5.92 Å². The number of fused-ring (bicyclic) bond motifs is 1. The Balaban J connectivity index is 2.53. The van der Waals surface area contributed by atoms with Gasteiger partial charge in [-0.2, -0.15) is 0 Å². The topological polar surface area (TPSA) is 68.0 Å². The molecule has 0 bridgehead atoms. The Labute approximate surface area is 129 Å². The van der Waals surface area contributed by atoms with E-state index in [0.29, 0.717) is 11.1 Å². The van der Waals surface area contributed by atoms with Crippen LogP contribution in [0.15, 0.2) is 21.9 Å². The average molecular weight is 358 g/mol. The minimum Gasteiger partial charge on any atom is -0.481 e. The lowest BCUT2D eigenvalue weighted by molar-refractivity contribution is -0.133. The van der Waals surface area contributed by atoms with Crippen LogP contribution in [-0.4, -0.2) is 31.4 Å². The molecule has 0 saturated heterocycles. The number of carboxylic acid groups (broad SMARTS) is 1. The Morgan fingerprint density at radius 3 is 2.80 bits per heavy atom. The van der Waals surface area contributed by atoms with E-state index in [1.807, 2.05) is 10.6 Å². The minimum absolute atomic E-state index is 0.00466.